The average molecular weight is 251 g/mol. The molecule has 3 aliphatic rings. The molecule has 4 nitrogen and oxygen atoms in total. The van der Waals surface area contributed by atoms with Gasteiger partial charge in [0.15, 0.2) is 0 Å². The Hall–Kier alpha value is -0.610. The van der Waals surface area contributed by atoms with Gasteiger partial charge in [0.2, 0.25) is 5.91 Å². The van der Waals surface area contributed by atoms with Crippen LogP contribution >= 0.6 is 0 Å². The van der Waals surface area contributed by atoms with E-state index in [0.29, 0.717) is 12.5 Å². The number of carbonyl (C=O) groups excluding carboxylic acids is 1. The number of rotatable bonds is 4. The minimum Gasteiger partial charge on any atom is -0.356 e. The summed E-state index contributed by atoms with van der Waals surface area (Å²) in [6.45, 7) is 4.52. The molecule has 102 valence electrons. The Morgan fingerprint density at radius 1 is 1.28 bits per heavy atom. The highest BCUT2D eigenvalue weighted by Gasteiger charge is 2.34. The van der Waals surface area contributed by atoms with Crippen LogP contribution in [-0.2, 0) is 4.79 Å². The van der Waals surface area contributed by atoms with Crippen LogP contribution in [0, 0.1) is 5.92 Å². The third-order valence-corrected chi connectivity index (χ3v) is 4.56. The number of carbonyl (C=O) groups is 1. The van der Waals surface area contributed by atoms with E-state index in [0.717, 1.165) is 37.9 Å². The summed E-state index contributed by atoms with van der Waals surface area (Å²) in [7, 11) is 0. The van der Waals surface area contributed by atoms with Crippen molar-refractivity contribution in [2.45, 2.75) is 50.6 Å². The van der Waals surface area contributed by atoms with Crippen LogP contribution in [0.4, 0.5) is 0 Å². The van der Waals surface area contributed by atoms with Crippen LogP contribution in [0.1, 0.15) is 38.5 Å². The van der Waals surface area contributed by atoms with Gasteiger partial charge in [0.05, 0.1) is 0 Å². The summed E-state index contributed by atoms with van der Waals surface area (Å²) in [4.78, 5) is 14.1. The predicted octanol–water partition coefficient (Wildman–Crippen LogP) is 0.729. The number of amides is 1. The van der Waals surface area contributed by atoms with Crippen LogP contribution in [0.15, 0.2) is 0 Å². The van der Waals surface area contributed by atoms with Gasteiger partial charge in [0, 0.05) is 31.6 Å². The fourth-order valence-electron chi connectivity index (χ4n) is 3.28. The average Bonchev–Trinajstić information content (AvgIpc) is 3.14. The molecule has 0 bridgehead atoms. The molecule has 3 fully saturated rings. The zero-order valence-electron chi connectivity index (χ0n) is 11.2. The molecule has 18 heavy (non-hydrogen) atoms. The van der Waals surface area contributed by atoms with Crippen molar-refractivity contribution >= 4 is 5.91 Å². The van der Waals surface area contributed by atoms with Crippen LogP contribution in [0.2, 0.25) is 0 Å². The SMILES string of the molecule is O=C1CC(NCC2CCN(C3CC3)C2)CCCN1. The maximum atomic E-state index is 11.5. The highest BCUT2D eigenvalue weighted by molar-refractivity contribution is 5.76. The molecule has 0 aromatic rings. The second kappa shape index (κ2) is 5.57. The van der Waals surface area contributed by atoms with Gasteiger partial charge >= 0.3 is 0 Å². The summed E-state index contributed by atoms with van der Waals surface area (Å²) < 4.78 is 0. The van der Waals surface area contributed by atoms with Crippen LogP contribution in [0.25, 0.3) is 0 Å². The van der Waals surface area contributed by atoms with E-state index in [1.807, 2.05) is 0 Å². The van der Waals surface area contributed by atoms with E-state index in [1.54, 1.807) is 0 Å². The third-order valence-electron chi connectivity index (χ3n) is 4.56. The second-order valence-electron chi connectivity index (χ2n) is 6.18. The van der Waals surface area contributed by atoms with E-state index >= 15 is 0 Å². The molecular weight excluding hydrogens is 226 g/mol. The minimum absolute atomic E-state index is 0.219. The maximum Gasteiger partial charge on any atom is 0.221 e. The molecule has 2 saturated heterocycles. The van der Waals surface area contributed by atoms with Gasteiger partial charge < -0.3 is 15.5 Å². The Morgan fingerprint density at radius 3 is 3.00 bits per heavy atom. The lowest BCUT2D eigenvalue weighted by atomic mass is 10.1. The molecular formula is C14H25N3O. The summed E-state index contributed by atoms with van der Waals surface area (Å²) in [6.07, 6.45) is 7.09. The van der Waals surface area contributed by atoms with Crippen molar-refractivity contribution in [1.82, 2.24) is 15.5 Å². The van der Waals surface area contributed by atoms with E-state index in [4.69, 9.17) is 0 Å². The van der Waals surface area contributed by atoms with Gasteiger partial charge in [-0.3, -0.25) is 4.79 Å². The monoisotopic (exact) mass is 251 g/mol. The van der Waals surface area contributed by atoms with Crippen molar-refractivity contribution in [3.05, 3.63) is 0 Å². The Labute approximate surface area is 109 Å². The molecule has 0 aromatic carbocycles. The molecule has 2 N–H and O–H groups in total. The van der Waals surface area contributed by atoms with E-state index in [1.165, 1.54) is 32.4 Å². The van der Waals surface area contributed by atoms with Gasteiger partial charge in [-0.25, -0.2) is 0 Å². The lowest BCUT2D eigenvalue weighted by Gasteiger charge is -2.19. The molecule has 2 unspecified atom stereocenters. The lowest BCUT2D eigenvalue weighted by molar-refractivity contribution is -0.121. The van der Waals surface area contributed by atoms with E-state index in [9.17, 15) is 4.79 Å². The van der Waals surface area contributed by atoms with Gasteiger partial charge in [-0.2, -0.15) is 0 Å². The summed E-state index contributed by atoms with van der Waals surface area (Å²) in [5.74, 6) is 1.02. The van der Waals surface area contributed by atoms with Crippen LogP contribution in [0.3, 0.4) is 0 Å². The number of hydrogen-bond acceptors (Lipinski definition) is 3. The Morgan fingerprint density at radius 2 is 2.17 bits per heavy atom. The van der Waals surface area contributed by atoms with Crippen molar-refractivity contribution in [3.63, 3.8) is 0 Å². The van der Waals surface area contributed by atoms with Gasteiger partial charge in [0.25, 0.3) is 0 Å². The van der Waals surface area contributed by atoms with Crippen LogP contribution in [0.5, 0.6) is 0 Å². The van der Waals surface area contributed by atoms with Crippen molar-refractivity contribution in [2.75, 3.05) is 26.2 Å². The number of nitrogens with zero attached hydrogens (tertiary/aromatic N) is 1. The molecule has 0 radical (unpaired) electrons. The zero-order valence-corrected chi connectivity index (χ0v) is 11.2. The molecule has 2 aliphatic heterocycles. The Bertz CT molecular complexity index is 303. The minimum atomic E-state index is 0.219. The maximum absolute atomic E-state index is 11.5. The lowest BCUT2D eigenvalue weighted by Crippen LogP contribution is -2.36. The van der Waals surface area contributed by atoms with Gasteiger partial charge in [-0.1, -0.05) is 0 Å². The first-order valence-corrected chi connectivity index (χ1v) is 7.55. The second-order valence-corrected chi connectivity index (χ2v) is 6.18. The van der Waals surface area contributed by atoms with E-state index in [2.05, 4.69) is 15.5 Å². The number of hydrogen-bond donors (Lipinski definition) is 2. The van der Waals surface area contributed by atoms with Crippen molar-refractivity contribution < 1.29 is 4.79 Å². The smallest absolute Gasteiger partial charge is 0.221 e. The number of likely N-dealkylation sites (tertiary alicyclic amines) is 1. The fraction of sp³-hybridized carbons (Fsp3) is 0.929. The standard InChI is InChI=1S/C14H25N3O/c18-14-8-12(2-1-6-15-14)16-9-11-5-7-17(10-11)13-3-4-13/h11-13,16H,1-10H2,(H,15,18). The Balaban J connectivity index is 1.39. The number of nitrogens with one attached hydrogen (secondary N) is 2. The summed E-state index contributed by atoms with van der Waals surface area (Å²) in [5.41, 5.74) is 0. The van der Waals surface area contributed by atoms with Crippen molar-refractivity contribution in [1.29, 1.82) is 0 Å². The van der Waals surface area contributed by atoms with E-state index in [-0.39, 0.29) is 5.91 Å². The summed E-state index contributed by atoms with van der Waals surface area (Å²) in [6, 6.07) is 1.32. The molecule has 2 atom stereocenters. The van der Waals surface area contributed by atoms with Gasteiger partial charge in [-0.05, 0) is 51.1 Å². The highest BCUT2D eigenvalue weighted by Crippen LogP contribution is 2.31. The van der Waals surface area contributed by atoms with Crippen LogP contribution < -0.4 is 10.6 Å². The Kier molecular flexibility index (Phi) is 3.85. The molecule has 4 heteroatoms. The highest BCUT2D eigenvalue weighted by atomic mass is 16.1. The quantitative estimate of drug-likeness (QED) is 0.774. The molecule has 1 amide bonds. The van der Waals surface area contributed by atoms with Gasteiger partial charge in [-0.15, -0.1) is 0 Å². The first kappa shape index (κ1) is 12.4. The fourth-order valence-corrected chi connectivity index (χ4v) is 3.28. The molecule has 3 rings (SSSR count). The molecule has 0 spiro atoms. The molecule has 1 aliphatic carbocycles. The van der Waals surface area contributed by atoms with Crippen molar-refractivity contribution in [2.24, 2.45) is 5.92 Å². The molecule has 1 saturated carbocycles. The third kappa shape index (κ3) is 3.23. The molecule has 2 heterocycles. The summed E-state index contributed by atoms with van der Waals surface area (Å²) >= 11 is 0. The molecule has 0 aromatic heterocycles. The zero-order chi connectivity index (χ0) is 12.4. The summed E-state index contributed by atoms with van der Waals surface area (Å²) in [5, 5.41) is 6.57. The van der Waals surface area contributed by atoms with Crippen molar-refractivity contribution in [3.8, 4) is 0 Å². The van der Waals surface area contributed by atoms with Crippen LogP contribution in [-0.4, -0.2) is 49.1 Å². The predicted molar refractivity (Wildman–Crippen MR) is 71.4 cm³/mol. The van der Waals surface area contributed by atoms with E-state index < -0.39 is 0 Å². The first-order chi connectivity index (χ1) is 8.81. The normalized spacial score (nSPS) is 34.3. The topological polar surface area (TPSA) is 44.4 Å². The largest absolute Gasteiger partial charge is 0.356 e. The van der Waals surface area contributed by atoms with Gasteiger partial charge in [0.1, 0.15) is 0 Å². The first-order valence-electron chi connectivity index (χ1n) is 7.55.